The number of pyridine rings is 1. The van der Waals surface area contributed by atoms with Gasteiger partial charge in [0, 0.05) is 6.92 Å². The predicted molar refractivity (Wildman–Crippen MR) is 70.0 cm³/mol. The van der Waals surface area contributed by atoms with E-state index >= 15 is 0 Å². The fraction of sp³-hybridized carbons (Fsp3) is 0.462. The first-order valence-corrected chi connectivity index (χ1v) is 5.87. The number of anilines is 1. The Balaban J connectivity index is 3.10. The van der Waals surface area contributed by atoms with Gasteiger partial charge in [0.25, 0.3) is 0 Å². The molecule has 0 fully saturated rings. The van der Waals surface area contributed by atoms with Crippen molar-refractivity contribution in [3.63, 3.8) is 0 Å². The molecule has 1 atom stereocenters. The molecule has 18 heavy (non-hydrogen) atoms. The standard InChI is InChI=1S/C13H19N3O2/c1-7(2)12(15-9(4)18)11-6-5-10(8(3)17)13(14)16-11/h5-7,12H,1-4H3,(H2,14,16)(H,15,18)/t12-/m0/s1. The highest BCUT2D eigenvalue weighted by molar-refractivity contribution is 5.98. The number of hydrogen-bond acceptors (Lipinski definition) is 4. The van der Waals surface area contributed by atoms with Crippen molar-refractivity contribution in [2.45, 2.75) is 33.7 Å². The first-order valence-electron chi connectivity index (χ1n) is 5.87. The molecule has 5 heteroatoms. The monoisotopic (exact) mass is 249 g/mol. The number of rotatable bonds is 4. The number of hydrogen-bond donors (Lipinski definition) is 2. The van der Waals surface area contributed by atoms with E-state index in [0.29, 0.717) is 11.3 Å². The van der Waals surface area contributed by atoms with E-state index in [1.807, 2.05) is 13.8 Å². The summed E-state index contributed by atoms with van der Waals surface area (Å²) in [7, 11) is 0. The smallest absolute Gasteiger partial charge is 0.217 e. The molecule has 1 aromatic heterocycles. The molecule has 0 aliphatic heterocycles. The molecule has 1 heterocycles. The van der Waals surface area contributed by atoms with E-state index in [-0.39, 0.29) is 29.5 Å². The molecule has 0 unspecified atom stereocenters. The summed E-state index contributed by atoms with van der Waals surface area (Å²) >= 11 is 0. The summed E-state index contributed by atoms with van der Waals surface area (Å²) < 4.78 is 0. The molecule has 0 spiro atoms. The molecular formula is C13H19N3O2. The summed E-state index contributed by atoms with van der Waals surface area (Å²) in [5.41, 5.74) is 6.82. The number of amides is 1. The maximum atomic E-state index is 11.3. The van der Waals surface area contributed by atoms with Crippen molar-refractivity contribution in [3.05, 3.63) is 23.4 Å². The Morgan fingerprint density at radius 1 is 1.28 bits per heavy atom. The quantitative estimate of drug-likeness (QED) is 0.795. The summed E-state index contributed by atoms with van der Waals surface area (Å²) in [4.78, 5) is 26.6. The van der Waals surface area contributed by atoms with Crippen LogP contribution in [0.1, 0.15) is 49.8 Å². The van der Waals surface area contributed by atoms with Gasteiger partial charge in [0.1, 0.15) is 5.82 Å². The number of carbonyl (C=O) groups is 2. The largest absolute Gasteiger partial charge is 0.383 e. The van der Waals surface area contributed by atoms with Gasteiger partial charge in [-0.05, 0) is 25.0 Å². The third-order valence-corrected chi connectivity index (χ3v) is 2.67. The molecule has 1 aromatic rings. The highest BCUT2D eigenvalue weighted by Gasteiger charge is 2.19. The molecule has 0 saturated heterocycles. The SMILES string of the molecule is CC(=O)N[C@H](c1ccc(C(C)=O)c(N)n1)C(C)C. The van der Waals surface area contributed by atoms with Crippen molar-refractivity contribution in [1.29, 1.82) is 0 Å². The highest BCUT2D eigenvalue weighted by Crippen LogP contribution is 2.22. The average Bonchev–Trinajstić information content (AvgIpc) is 2.24. The van der Waals surface area contributed by atoms with E-state index in [4.69, 9.17) is 5.73 Å². The van der Waals surface area contributed by atoms with Crippen LogP contribution in [0.5, 0.6) is 0 Å². The van der Waals surface area contributed by atoms with Gasteiger partial charge in [0.15, 0.2) is 5.78 Å². The summed E-state index contributed by atoms with van der Waals surface area (Å²) in [6.45, 7) is 6.87. The van der Waals surface area contributed by atoms with Crippen LogP contribution in [0.25, 0.3) is 0 Å². The van der Waals surface area contributed by atoms with Crippen LogP contribution < -0.4 is 11.1 Å². The van der Waals surface area contributed by atoms with Gasteiger partial charge in [-0.15, -0.1) is 0 Å². The molecule has 0 bridgehead atoms. The van der Waals surface area contributed by atoms with Crippen molar-refractivity contribution in [3.8, 4) is 0 Å². The first-order chi connectivity index (χ1) is 8.32. The fourth-order valence-corrected chi connectivity index (χ4v) is 1.76. The van der Waals surface area contributed by atoms with Gasteiger partial charge in [0.2, 0.25) is 5.91 Å². The maximum Gasteiger partial charge on any atom is 0.217 e. The number of nitrogens with one attached hydrogen (secondary N) is 1. The predicted octanol–water partition coefficient (Wildman–Crippen LogP) is 1.70. The minimum atomic E-state index is -0.203. The molecule has 1 rings (SSSR count). The van der Waals surface area contributed by atoms with Gasteiger partial charge >= 0.3 is 0 Å². The number of nitrogen functional groups attached to an aromatic ring is 1. The number of carbonyl (C=O) groups excluding carboxylic acids is 2. The summed E-state index contributed by atoms with van der Waals surface area (Å²) in [6, 6.07) is 3.18. The van der Waals surface area contributed by atoms with Crippen LogP contribution in [0.3, 0.4) is 0 Å². The molecule has 0 aliphatic rings. The number of nitrogens with two attached hydrogens (primary N) is 1. The van der Waals surface area contributed by atoms with Gasteiger partial charge in [0.05, 0.1) is 17.3 Å². The molecule has 5 nitrogen and oxygen atoms in total. The van der Waals surface area contributed by atoms with Crippen LogP contribution in [0.4, 0.5) is 5.82 Å². The Bertz CT molecular complexity index is 469. The zero-order valence-electron chi connectivity index (χ0n) is 11.2. The van der Waals surface area contributed by atoms with Gasteiger partial charge in [-0.2, -0.15) is 0 Å². The lowest BCUT2D eigenvalue weighted by Crippen LogP contribution is -2.30. The third kappa shape index (κ3) is 3.29. The second-order valence-electron chi connectivity index (χ2n) is 4.65. The number of nitrogens with zero attached hydrogens (tertiary/aromatic N) is 1. The second kappa shape index (κ2) is 5.62. The third-order valence-electron chi connectivity index (χ3n) is 2.67. The van der Waals surface area contributed by atoms with E-state index < -0.39 is 0 Å². The van der Waals surface area contributed by atoms with Crippen LogP contribution in [0, 0.1) is 5.92 Å². The lowest BCUT2D eigenvalue weighted by atomic mass is 9.99. The van der Waals surface area contributed by atoms with Gasteiger partial charge in [-0.1, -0.05) is 13.8 Å². The van der Waals surface area contributed by atoms with Gasteiger partial charge in [-0.3, -0.25) is 9.59 Å². The Morgan fingerprint density at radius 3 is 2.28 bits per heavy atom. The molecule has 0 saturated carbocycles. The van der Waals surface area contributed by atoms with Gasteiger partial charge < -0.3 is 11.1 Å². The Morgan fingerprint density at radius 2 is 1.89 bits per heavy atom. The maximum absolute atomic E-state index is 11.3. The second-order valence-corrected chi connectivity index (χ2v) is 4.65. The zero-order valence-corrected chi connectivity index (χ0v) is 11.2. The lowest BCUT2D eigenvalue weighted by Gasteiger charge is -2.21. The normalized spacial score (nSPS) is 12.3. The van der Waals surface area contributed by atoms with E-state index in [9.17, 15) is 9.59 Å². The van der Waals surface area contributed by atoms with Crippen molar-refractivity contribution in [1.82, 2.24) is 10.3 Å². The average molecular weight is 249 g/mol. The fourth-order valence-electron chi connectivity index (χ4n) is 1.76. The first kappa shape index (κ1) is 14.2. The van der Waals surface area contributed by atoms with E-state index in [0.717, 1.165) is 0 Å². The molecular weight excluding hydrogens is 230 g/mol. The summed E-state index contributed by atoms with van der Waals surface area (Å²) in [5.74, 6) is 0.150. The van der Waals surface area contributed by atoms with E-state index in [1.165, 1.54) is 13.8 Å². The molecule has 98 valence electrons. The van der Waals surface area contributed by atoms with E-state index in [1.54, 1.807) is 12.1 Å². The lowest BCUT2D eigenvalue weighted by molar-refractivity contribution is -0.120. The van der Waals surface area contributed by atoms with Crippen molar-refractivity contribution in [2.75, 3.05) is 5.73 Å². The highest BCUT2D eigenvalue weighted by atomic mass is 16.1. The number of ketones is 1. The molecule has 3 N–H and O–H groups in total. The van der Waals surface area contributed by atoms with Crippen LogP contribution in [0.2, 0.25) is 0 Å². The van der Waals surface area contributed by atoms with Crippen LogP contribution in [-0.4, -0.2) is 16.7 Å². The number of Topliss-reactive ketones (excluding diaryl/α,β-unsaturated/α-hetero) is 1. The van der Waals surface area contributed by atoms with Crippen molar-refractivity contribution in [2.24, 2.45) is 5.92 Å². The van der Waals surface area contributed by atoms with Crippen LogP contribution in [0.15, 0.2) is 12.1 Å². The topological polar surface area (TPSA) is 85.1 Å². The van der Waals surface area contributed by atoms with Gasteiger partial charge in [-0.25, -0.2) is 4.98 Å². The van der Waals surface area contributed by atoms with E-state index in [2.05, 4.69) is 10.3 Å². The van der Waals surface area contributed by atoms with Crippen LogP contribution in [-0.2, 0) is 4.79 Å². The molecule has 1 amide bonds. The van der Waals surface area contributed by atoms with Crippen molar-refractivity contribution >= 4 is 17.5 Å². The Labute approximate surface area is 107 Å². The summed E-state index contributed by atoms with van der Waals surface area (Å²) in [5, 5.41) is 2.83. The Hall–Kier alpha value is -1.91. The molecule has 0 radical (unpaired) electrons. The summed E-state index contributed by atoms with van der Waals surface area (Å²) in [6.07, 6.45) is 0. The van der Waals surface area contributed by atoms with Crippen LogP contribution >= 0.6 is 0 Å². The molecule has 0 aromatic carbocycles. The zero-order chi connectivity index (χ0) is 13.9. The minimum Gasteiger partial charge on any atom is -0.383 e. The Kier molecular flexibility index (Phi) is 4.42. The van der Waals surface area contributed by atoms with Crippen molar-refractivity contribution < 1.29 is 9.59 Å². The molecule has 0 aliphatic carbocycles. The number of aromatic nitrogens is 1. The minimum absolute atomic E-state index is 0.118.